The zero-order chi connectivity index (χ0) is 14.3. The maximum atomic E-state index is 5.83. The Bertz CT molecular complexity index is 401. The lowest BCUT2D eigenvalue weighted by atomic mass is 10.1. The van der Waals surface area contributed by atoms with E-state index in [1.807, 2.05) is 27.7 Å². The van der Waals surface area contributed by atoms with Crippen molar-refractivity contribution in [1.29, 1.82) is 0 Å². The summed E-state index contributed by atoms with van der Waals surface area (Å²) in [6, 6.07) is 0.235. The molecule has 0 amide bonds. The second-order valence-electron chi connectivity index (χ2n) is 4.61. The van der Waals surface area contributed by atoms with Crippen LogP contribution >= 0.6 is 11.6 Å². The summed E-state index contributed by atoms with van der Waals surface area (Å²) in [5.74, 6) is 0.388. The van der Waals surface area contributed by atoms with Gasteiger partial charge in [-0.1, -0.05) is 6.92 Å². The predicted octanol–water partition coefficient (Wildman–Crippen LogP) is 2.54. The lowest BCUT2D eigenvalue weighted by Crippen LogP contribution is -2.33. The summed E-state index contributed by atoms with van der Waals surface area (Å²) in [6.07, 6.45) is 0.878. The number of anilines is 1. The monoisotopic (exact) mass is 288 g/mol. The summed E-state index contributed by atoms with van der Waals surface area (Å²) in [5, 5.41) is 3.18. The summed E-state index contributed by atoms with van der Waals surface area (Å²) in [5.41, 5.74) is -0.307. The highest BCUT2D eigenvalue weighted by atomic mass is 35.5. The standard InChI is InChI=1S/C12H21ClN4O2/c1-5-7-18-11-16-9(13)15-10(17-11)14-8-12(3,4)19-6-2/h5-8H2,1-4H3,(H,14,15,16,17). The van der Waals surface area contributed by atoms with E-state index in [2.05, 4.69) is 20.3 Å². The zero-order valence-electron chi connectivity index (χ0n) is 11.9. The van der Waals surface area contributed by atoms with Crippen LogP contribution in [-0.2, 0) is 4.74 Å². The molecule has 0 aliphatic rings. The summed E-state index contributed by atoms with van der Waals surface area (Å²) < 4.78 is 10.9. The quantitative estimate of drug-likeness (QED) is 0.793. The number of halogens is 1. The van der Waals surface area contributed by atoms with E-state index in [-0.39, 0.29) is 16.9 Å². The minimum atomic E-state index is -0.307. The van der Waals surface area contributed by atoms with Gasteiger partial charge in [0, 0.05) is 13.2 Å². The number of nitrogens with one attached hydrogen (secondary N) is 1. The number of nitrogens with zero attached hydrogens (tertiary/aromatic N) is 3. The van der Waals surface area contributed by atoms with E-state index in [0.717, 1.165) is 6.42 Å². The Labute approximate surface area is 118 Å². The van der Waals surface area contributed by atoms with Crippen LogP contribution < -0.4 is 10.1 Å². The van der Waals surface area contributed by atoms with Gasteiger partial charge in [-0.15, -0.1) is 0 Å². The topological polar surface area (TPSA) is 69.2 Å². The van der Waals surface area contributed by atoms with Crippen LogP contribution in [-0.4, -0.2) is 40.3 Å². The summed E-state index contributed by atoms with van der Waals surface area (Å²) in [6.45, 7) is 9.70. The molecule has 0 saturated heterocycles. The van der Waals surface area contributed by atoms with Crippen LogP contribution in [0.4, 0.5) is 5.95 Å². The third-order valence-corrected chi connectivity index (χ3v) is 2.40. The minimum absolute atomic E-state index is 0.109. The molecule has 0 fully saturated rings. The highest BCUT2D eigenvalue weighted by Gasteiger charge is 2.18. The van der Waals surface area contributed by atoms with Crippen molar-refractivity contribution >= 4 is 17.5 Å². The first kappa shape index (κ1) is 15.9. The van der Waals surface area contributed by atoms with Crippen LogP contribution in [0.15, 0.2) is 0 Å². The smallest absolute Gasteiger partial charge is 0.322 e. The van der Waals surface area contributed by atoms with E-state index in [1.54, 1.807) is 0 Å². The molecular formula is C12H21ClN4O2. The first-order valence-electron chi connectivity index (χ1n) is 6.39. The second kappa shape index (κ2) is 7.45. The van der Waals surface area contributed by atoms with E-state index in [1.165, 1.54) is 0 Å². The van der Waals surface area contributed by atoms with Gasteiger partial charge in [-0.25, -0.2) is 0 Å². The van der Waals surface area contributed by atoms with Crippen molar-refractivity contribution in [2.45, 2.75) is 39.7 Å². The highest BCUT2D eigenvalue weighted by Crippen LogP contribution is 2.14. The Morgan fingerprint density at radius 1 is 1.21 bits per heavy atom. The van der Waals surface area contributed by atoms with E-state index in [9.17, 15) is 0 Å². The van der Waals surface area contributed by atoms with Gasteiger partial charge in [-0.3, -0.25) is 0 Å². The SMILES string of the molecule is CCCOc1nc(Cl)nc(NCC(C)(C)OCC)n1. The van der Waals surface area contributed by atoms with Crippen molar-refractivity contribution in [2.75, 3.05) is 25.1 Å². The van der Waals surface area contributed by atoms with Gasteiger partial charge in [-0.05, 0) is 38.8 Å². The average molecular weight is 289 g/mol. The summed E-state index contributed by atoms with van der Waals surface area (Å²) in [4.78, 5) is 12.0. The molecule has 0 spiro atoms. The molecule has 19 heavy (non-hydrogen) atoms. The number of hydrogen-bond acceptors (Lipinski definition) is 6. The molecule has 1 N–H and O–H groups in total. The molecule has 0 atom stereocenters. The molecule has 6 nitrogen and oxygen atoms in total. The van der Waals surface area contributed by atoms with Crippen molar-refractivity contribution in [3.63, 3.8) is 0 Å². The van der Waals surface area contributed by atoms with Crippen LogP contribution in [0.5, 0.6) is 6.01 Å². The Balaban J connectivity index is 2.65. The van der Waals surface area contributed by atoms with Crippen LogP contribution in [0.3, 0.4) is 0 Å². The zero-order valence-corrected chi connectivity index (χ0v) is 12.6. The molecule has 1 rings (SSSR count). The summed E-state index contributed by atoms with van der Waals surface area (Å²) in [7, 11) is 0. The van der Waals surface area contributed by atoms with Gasteiger partial charge in [0.25, 0.3) is 0 Å². The molecule has 1 aromatic rings. The Morgan fingerprint density at radius 3 is 2.58 bits per heavy atom. The molecule has 0 aromatic carbocycles. The normalized spacial score (nSPS) is 11.4. The van der Waals surface area contributed by atoms with E-state index in [0.29, 0.717) is 25.7 Å². The van der Waals surface area contributed by atoms with Gasteiger partial charge in [0.05, 0.1) is 12.2 Å². The van der Waals surface area contributed by atoms with Gasteiger partial charge >= 0.3 is 6.01 Å². The largest absolute Gasteiger partial charge is 0.463 e. The number of ether oxygens (including phenoxy) is 2. The van der Waals surface area contributed by atoms with Crippen LogP contribution in [0.2, 0.25) is 5.28 Å². The minimum Gasteiger partial charge on any atom is -0.463 e. The van der Waals surface area contributed by atoms with Crippen LogP contribution in [0, 0.1) is 0 Å². The predicted molar refractivity (Wildman–Crippen MR) is 74.8 cm³/mol. The van der Waals surface area contributed by atoms with E-state index >= 15 is 0 Å². The van der Waals surface area contributed by atoms with Crippen molar-refractivity contribution in [2.24, 2.45) is 0 Å². The maximum absolute atomic E-state index is 5.83. The van der Waals surface area contributed by atoms with E-state index in [4.69, 9.17) is 21.1 Å². The Kier molecular flexibility index (Phi) is 6.24. The Morgan fingerprint density at radius 2 is 1.95 bits per heavy atom. The second-order valence-corrected chi connectivity index (χ2v) is 4.94. The van der Waals surface area contributed by atoms with E-state index < -0.39 is 0 Å². The lowest BCUT2D eigenvalue weighted by Gasteiger charge is -2.24. The third-order valence-electron chi connectivity index (χ3n) is 2.23. The third kappa shape index (κ3) is 6.02. The number of rotatable bonds is 8. The number of hydrogen-bond donors (Lipinski definition) is 1. The van der Waals surface area contributed by atoms with Gasteiger partial charge < -0.3 is 14.8 Å². The fraction of sp³-hybridized carbons (Fsp3) is 0.750. The lowest BCUT2D eigenvalue weighted by molar-refractivity contribution is 0.000565. The molecule has 0 saturated carbocycles. The summed E-state index contributed by atoms with van der Waals surface area (Å²) >= 11 is 5.83. The van der Waals surface area contributed by atoms with Crippen LogP contribution in [0.1, 0.15) is 34.1 Å². The van der Waals surface area contributed by atoms with Crippen molar-refractivity contribution in [1.82, 2.24) is 15.0 Å². The van der Waals surface area contributed by atoms with Crippen LogP contribution in [0.25, 0.3) is 0 Å². The van der Waals surface area contributed by atoms with Gasteiger partial charge in [0.1, 0.15) is 0 Å². The maximum Gasteiger partial charge on any atom is 0.322 e. The van der Waals surface area contributed by atoms with Crippen molar-refractivity contribution in [3.8, 4) is 6.01 Å². The highest BCUT2D eigenvalue weighted by molar-refractivity contribution is 6.28. The molecule has 108 valence electrons. The number of aromatic nitrogens is 3. The van der Waals surface area contributed by atoms with Crippen molar-refractivity contribution < 1.29 is 9.47 Å². The molecule has 0 aliphatic carbocycles. The molecule has 1 aromatic heterocycles. The fourth-order valence-corrected chi connectivity index (χ4v) is 1.55. The molecule has 0 unspecified atom stereocenters. The molecule has 0 aliphatic heterocycles. The molecule has 0 radical (unpaired) electrons. The molecule has 1 heterocycles. The first-order chi connectivity index (χ1) is 8.96. The fourth-order valence-electron chi connectivity index (χ4n) is 1.40. The average Bonchev–Trinajstić information content (AvgIpc) is 2.33. The van der Waals surface area contributed by atoms with Gasteiger partial charge in [0.2, 0.25) is 11.2 Å². The Hall–Kier alpha value is -1.14. The van der Waals surface area contributed by atoms with Crippen molar-refractivity contribution in [3.05, 3.63) is 5.28 Å². The van der Waals surface area contributed by atoms with Gasteiger partial charge in [-0.2, -0.15) is 15.0 Å². The van der Waals surface area contributed by atoms with Gasteiger partial charge in [0.15, 0.2) is 0 Å². The molecule has 7 heteroatoms. The molecule has 0 bridgehead atoms. The first-order valence-corrected chi connectivity index (χ1v) is 6.77. The molecular weight excluding hydrogens is 268 g/mol.